The highest BCUT2D eigenvalue weighted by molar-refractivity contribution is 5.27. The van der Waals surface area contributed by atoms with Gasteiger partial charge in [-0.25, -0.2) is 0 Å². The second kappa shape index (κ2) is 3.68. The van der Waals surface area contributed by atoms with Crippen molar-refractivity contribution in [3.05, 3.63) is 59.5 Å². The smallest absolute Gasteiger partial charge is 0.137 e. The van der Waals surface area contributed by atoms with Crippen LogP contribution in [0.25, 0.3) is 0 Å². The summed E-state index contributed by atoms with van der Waals surface area (Å²) in [5, 5.41) is 9.88. The molecule has 0 radical (unpaired) electrons. The molecule has 2 aromatic rings. The SMILES string of the molecule is Cc1ccc([C@H](O)c2ccco2)cc1. The van der Waals surface area contributed by atoms with Gasteiger partial charge >= 0.3 is 0 Å². The van der Waals surface area contributed by atoms with Crippen LogP contribution in [-0.4, -0.2) is 5.11 Å². The van der Waals surface area contributed by atoms with Crippen molar-refractivity contribution in [3.63, 3.8) is 0 Å². The molecule has 2 heteroatoms. The molecule has 1 N–H and O–H groups in total. The Hall–Kier alpha value is -1.54. The van der Waals surface area contributed by atoms with Crippen molar-refractivity contribution in [1.82, 2.24) is 0 Å². The van der Waals surface area contributed by atoms with Gasteiger partial charge in [-0.05, 0) is 24.6 Å². The summed E-state index contributed by atoms with van der Waals surface area (Å²) in [5.74, 6) is 0.578. The Morgan fingerprint density at radius 3 is 2.43 bits per heavy atom. The summed E-state index contributed by atoms with van der Waals surface area (Å²) in [6.07, 6.45) is 0.901. The molecule has 1 heterocycles. The third-order valence-corrected chi connectivity index (χ3v) is 2.21. The van der Waals surface area contributed by atoms with E-state index in [2.05, 4.69) is 0 Å². The Balaban J connectivity index is 2.28. The summed E-state index contributed by atoms with van der Waals surface area (Å²) in [7, 11) is 0. The lowest BCUT2D eigenvalue weighted by Gasteiger charge is -2.07. The molecule has 1 atom stereocenters. The molecule has 0 aliphatic heterocycles. The second-order valence-corrected chi connectivity index (χ2v) is 3.33. The summed E-state index contributed by atoms with van der Waals surface area (Å²) in [4.78, 5) is 0. The van der Waals surface area contributed by atoms with Crippen LogP contribution in [0.3, 0.4) is 0 Å². The van der Waals surface area contributed by atoms with Crippen LogP contribution in [0.4, 0.5) is 0 Å². The van der Waals surface area contributed by atoms with Crippen LogP contribution in [0.2, 0.25) is 0 Å². The summed E-state index contributed by atoms with van der Waals surface area (Å²) in [6, 6.07) is 11.3. The quantitative estimate of drug-likeness (QED) is 0.786. The van der Waals surface area contributed by atoms with Gasteiger partial charge in [-0.1, -0.05) is 29.8 Å². The van der Waals surface area contributed by atoms with Gasteiger partial charge in [-0.3, -0.25) is 0 Å². The number of benzene rings is 1. The Bertz CT molecular complexity index is 387. The maximum Gasteiger partial charge on any atom is 0.137 e. The Kier molecular flexibility index (Phi) is 2.37. The van der Waals surface area contributed by atoms with Gasteiger partial charge in [0, 0.05) is 0 Å². The molecule has 1 aromatic heterocycles. The number of aliphatic hydroxyl groups excluding tert-OH is 1. The maximum atomic E-state index is 9.88. The number of furan rings is 1. The van der Waals surface area contributed by atoms with Crippen LogP contribution in [0.15, 0.2) is 47.1 Å². The molecular weight excluding hydrogens is 176 g/mol. The molecular formula is C12H12O2. The number of rotatable bonds is 2. The van der Waals surface area contributed by atoms with Gasteiger partial charge in [0.2, 0.25) is 0 Å². The fourth-order valence-corrected chi connectivity index (χ4v) is 1.36. The summed E-state index contributed by atoms with van der Waals surface area (Å²) in [5.41, 5.74) is 2.03. The first-order valence-corrected chi connectivity index (χ1v) is 4.55. The van der Waals surface area contributed by atoms with E-state index in [0.717, 1.165) is 5.56 Å². The minimum Gasteiger partial charge on any atom is -0.466 e. The highest BCUT2D eigenvalue weighted by atomic mass is 16.4. The van der Waals surface area contributed by atoms with E-state index in [0.29, 0.717) is 5.76 Å². The van der Waals surface area contributed by atoms with E-state index in [1.807, 2.05) is 31.2 Å². The maximum absolute atomic E-state index is 9.88. The van der Waals surface area contributed by atoms with Gasteiger partial charge in [-0.2, -0.15) is 0 Å². The van der Waals surface area contributed by atoms with Gasteiger partial charge in [0.1, 0.15) is 11.9 Å². The molecule has 72 valence electrons. The van der Waals surface area contributed by atoms with Crippen molar-refractivity contribution in [3.8, 4) is 0 Å². The average Bonchev–Trinajstić information content (AvgIpc) is 2.71. The molecule has 0 saturated carbocycles. The van der Waals surface area contributed by atoms with Crippen molar-refractivity contribution in [2.24, 2.45) is 0 Å². The van der Waals surface area contributed by atoms with Crippen molar-refractivity contribution in [2.75, 3.05) is 0 Å². The second-order valence-electron chi connectivity index (χ2n) is 3.33. The Morgan fingerprint density at radius 2 is 1.86 bits per heavy atom. The Labute approximate surface area is 82.8 Å². The molecule has 0 unspecified atom stereocenters. The minimum absolute atomic E-state index is 0.578. The third kappa shape index (κ3) is 1.70. The lowest BCUT2D eigenvalue weighted by Crippen LogP contribution is -1.97. The van der Waals surface area contributed by atoms with Crippen LogP contribution in [0.5, 0.6) is 0 Å². The van der Waals surface area contributed by atoms with E-state index in [4.69, 9.17) is 4.42 Å². The number of aryl methyl sites for hydroxylation is 1. The Morgan fingerprint density at radius 1 is 1.14 bits per heavy atom. The molecule has 0 fully saturated rings. The first-order valence-electron chi connectivity index (χ1n) is 4.55. The average molecular weight is 188 g/mol. The molecule has 1 aromatic carbocycles. The number of hydrogen-bond donors (Lipinski definition) is 1. The van der Waals surface area contributed by atoms with Crippen LogP contribution in [0, 0.1) is 6.92 Å². The normalized spacial score (nSPS) is 12.7. The molecule has 0 bridgehead atoms. The summed E-state index contributed by atoms with van der Waals surface area (Å²) < 4.78 is 5.13. The molecule has 2 rings (SSSR count). The summed E-state index contributed by atoms with van der Waals surface area (Å²) >= 11 is 0. The van der Waals surface area contributed by atoms with Crippen LogP contribution in [0.1, 0.15) is 23.0 Å². The van der Waals surface area contributed by atoms with Crippen molar-refractivity contribution in [1.29, 1.82) is 0 Å². The fourth-order valence-electron chi connectivity index (χ4n) is 1.36. The van der Waals surface area contributed by atoms with Crippen LogP contribution < -0.4 is 0 Å². The van der Waals surface area contributed by atoms with Crippen molar-refractivity contribution in [2.45, 2.75) is 13.0 Å². The molecule has 0 aliphatic rings. The first-order chi connectivity index (χ1) is 6.77. The van der Waals surface area contributed by atoms with Gasteiger partial charge in [0.15, 0.2) is 0 Å². The zero-order valence-corrected chi connectivity index (χ0v) is 7.97. The highest BCUT2D eigenvalue weighted by Gasteiger charge is 2.11. The van der Waals surface area contributed by atoms with Crippen LogP contribution >= 0.6 is 0 Å². The van der Waals surface area contributed by atoms with Gasteiger partial charge in [0.25, 0.3) is 0 Å². The number of aliphatic hydroxyl groups is 1. The van der Waals surface area contributed by atoms with E-state index in [-0.39, 0.29) is 0 Å². The van der Waals surface area contributed by atoms with Gasteiger partial charge in [-0.15, -0.1) is 0 Å². The monoisotopic (exact) mass is 188 g/mol. The van der Waals surface area contributed by atoms with E-state index in [9.17, 15) is 5.11 Å². The third-order valence-electron chi connectivity index (χ3n) is 2.21. The van der Waals surface area contributed by atoms with E-state index >= 15 is 0 Å². The lowest BCUT2D eigenvalue weighted by atomic mass is 10.1. The predicted octanol–water partition coefficient (Wildman–Crippen LogP) is 2.67. The summed E-state index contributed by atoms with van der Waals surface area (Å²) in [6.45, 7) is 2.02. The molecule has 0 aliphatic carbocycles. The zero-order valence-electron chi connectivity index (χ0n) is 7.97. The molecule has 0 saturated heterocycles. The minimum atomic E-state index is -0.661. The lowest BCUT2D eigenvalue weighted by molar-refractivity contribution is 0.189. The van der Waals surface area contributed by atoms with E-state index in [1.54, 1.807) is 18.4 Å². The topological polar surface area (TPSA) is 33.4 Å². The highest BCUT2D eigenvalue weighted by Crippen LogP contribution is 2.22. The first kappa shape index (κ1) is 9.03. The van der Waals surface area contributed by atoms with E-state index in [1.165, 1.54) is 5.56 Å². The molecule has 14 heavy (non-hydrogen) atoms. The van der Waals surface area contributed by atoms with Gasteiger partial charge in [0.05, 0.1) is 6.26 Å². The van der Waals surface area contributed by atoms with Crippen molar-refractivity contribution >= 4 is 0 Å². The zero-order chi connectivity index (χ0) is 9.97. The largest absolute Gasteiger partial charge is 0.466 e. The van der Waals surface area contributed by atoms with E-state index < -0.39 is 6.10 Å². The van der Waals surface area contributed by atoms with Gasteiger partial charge < -0.3 is 9.52 Å². The standard InChI is InChI=1S/C12H12O2/c1-9-4-6-10(7-5-9)12(13)11-3-2-8-14-11/h2-8,12-13H,1H3/t12-/m0/s1. The molecule has 0 spiro atoms. The molecule has 0 amide bonds. The van der Waals surface area contributed by atoms with Crippen molar-refractivity contribution < 1.29 is 9.52 Å². The molecule has 2 nitrogen and oxygen atoms in total. The predicted molar refractivity (Wildman–Crippen MR) is 53.9 cm³/mol. The van der Waals surface area contributed by atoms with Crippen LogP contribution in [-0.2, 0) is 0 Å². The fraction of sp³-hybridized carbons (Fsp3) is 0.167. The number of hydrogen-bond acceptors (Lipinski definition) is 2.